The molecule has 0 aromatic heterocycles. The van der Waals surface area contributed by atoms with Crippen LogP contribution in [0.25, 0.3) is 0 Å². The van der Waals surface area contributed by atoms with Gasteiger partial charge in [0.1, 0.15) is 12.1 Å². The maximum atomic E-state index is 12.1. The summed E-state index contributed by atoms with van der Waals surface area (Å²) in [5.74, 6) is -5.10. The van der Waals surface area contributed by atoms with E-state index in [9.17, 15) is 24.0 Å². The van der Waals surface area contributed by atoms with Crippen LogP contribution < -0.4 is 22.1 Å². The number of hydrogen-bond acceptors (Lipinski definition) is 7. The highest BCUT2D eigenvalue weighted by Crippen LogP contribution is 2.02. The number of carboxylic acid groups (broad SMARTS) is 2. The lowest BCUT2D eigenvalue weighted by Crippen LogP contribution is -2.55. The van der Waals surface area contributed by atoms with Gasteiger partial charge in [0.05, 0.1) is 18.9 Å². The van der Waals surface area contributed by atoms with Gasteiger partial charge in [-0.1, -0.05) is 0 Å². The van der Waals surface area contributed by atoms with Crippen LogP contribution in [0, 0.1) is 0 Å². The molecule has 0 aromatic carbocycles. The lowest BCUT2D eigenvalue weighted by atomic mass is 10.1. The van der Waals surface area contributed by atoms with E-state index in [1.165, 1.54) is 11.8 Å². The minimum Gasteiger partial charge on any atom is -0.481 e. The van der Waals surface area contributed by atoms with Crippen LogP contribution >= 0.6 is 11.8 Å². The highest BCUT2D eigenvalue weighted by Gasteiger charge is 2.30. The van der Waals surface area contributed by atoms with E-state index < -0.39 is 60.6 Å². The largest absolute Gasteiger partial charge is 0.481 e. The first kappa shape index (κ1) is 22.7. The molecule has 0 bridgehead atoms. The third-order valence-electron chi connectivity index (χ3n) is 3.00. The Morgan fingerprint density at radius 1 is 1.00 bits per heavy atom. The number of carboxylic acids is 2. The molecule has 0 spiro atoms. The number of rotatable bonds is 12. The van der Waals surface area contributed by atoms with Crippen LogP contribution in [0.4, 0.5) is 0 Å². The van der Waals surface area contributed by atoms with Crippen LogP contribution in [-0.2, 0) is 24.0 Å². The summed E-state index contributed by atoms with van der Waals surface area (Å²) in [5.41, 5.74) is 10.5. The van der Waals surface area contributed by atoms with Gasteiger partial charge in [-0.15, -0.1) is 0 Å². The van der Waals surface area contributed by atoms with Crippen molar-refractivity contribution < 1.29 is 34.2 Å². The van der Waals surface area contributed by atoms with Crippen molar-refractivity contribution in [2.45, 2.75) is 37.4 Å². The van der Waals surface area contributed by atoms with Crippen LogP contribution in [0.15, 0.2) is 0 Å². The smallest absolute Gasteiger partial charge is 0.326 e. The Balaban J connectivity index is 5.02. The van der Waals surface area contributed by atoms with Crippen molar-refractivity contribution in [1.82, 2.24) is 10.6 Å². The Morgan fingerprint density at radius 2 is 1.56 bits per heavy atom. The Morgan fingerprint density at radius 3 is 2.00 bits per heavy atom. The fourth-order valence-corrected chi connectivity index (χ4v) is 2.20. The number of thioether (sulfide) groups is 1. The molecule has 11 nitrogen and oxygen atoms in total. The van der Waals surface area contributed by atoms with Crippen molar-refractivity contribution in [3.05, 3.63) is 0 Å². The van der Waals surface area contributed by atoms with Crippen molar-refractivity contribution in [2.24, 2.45) is 11.5 Å². The molecule has 0 aliphatic heterocycles. The van der Waals surface area contributed by atoms with Crippen molar-refractivity contribution in [3.8, 4) is 0 Å². The lowest BCUT2D eigenvalue weighted by molar-refractivity contribution is -0.144. The topological polar surface area (TPSA) is 202 Å². The molecule has 0 aliphatic rings. The molecule has 0 saturated heterocycles. The highest BCUT2D eigenvalue weighted by molar-refractivity contribution is 7.98. The first-order chi connectivity index (χ1) is 11.6. The summed E-state index contributed by atoms with van der Waals surface area (Å²) in [5, 5.41) is 22.0. The van der Waals surface area contributed by atoms with Gasteiger partial charge >= 0.3 is 11.9 Å². The molecule has 3 amide bonds. The summed E-state index contributed by atoms with van der Waals surface area (Å²) in [6.07, 6.45) is 0.668. The third-order valence-corrected chi connectivity index (χ3v) is 3.65. The third kappa shape index (κ3) is 9.52. The van der Waals surface area contributed by atoms with E-state index in [0.717, 1.165) is 0 Å². The van der Waals surface area contributed by atoms with E-state index in [1.54, 1.807) is 0 Å². The molecule has 12 heteroatoms. The second-order valence-electron chi connectivity index (χ2n) is 5.12. The Kier molecular flexibility index (Phi) is 10.2. The number of hydrogen-bond donors (Lipinski definition) is 6. The fourth-order valence-electron chi connectivity index (χ4n) is 1.71. The van der Waals surface area contributed by atoms with Crippen LogP contribution in [0.3, 0.4) is 0 Å². The zero-order chi connectivity index (χ0) is 19.6. The molecular formula is C13H22N4O7S. The SMILES string of the molecule is CSCC[C@H](N)C(=O)N[C@@H](CC(=O)O)C(=O)N[C@@H](CC(N)=O)C(=O)O. The summed E-state index contributed by atoms with van der Waals surface area (Å²) in [4.78, 5) is 56.8. The molecule has 0 aliphatic carbocycles. The molecule has 0 rings (SSSR count). The zero-order valence-corrected chi connectivity index (χ0v) is 14.4. The number of nitrogens with two attached hydrogens (primary N) is 2. The molecule has 25 heavy (non-hydrogen) atoms. The summed E-state index contributed by atoms with van der Waals surface area (Å²) in [6, 6.07) is -4.12. The molecule has 0 saturated carbocycles. The highest BCUT2D eigenvalue weighted by atomic mass is 32.2. The molecule has 0 unspecified atom stereocenters. The van der Waals surface area contributed by atoms with Gasteiger partial charge in [0.25, 0.3) is 0 Å². The molecule has 142 valence electrons. The summed E-state index contributed by atoms with van der Waals surface area (Å²) < 4.78 is 0. The molecular weight excluding hydrogens is 356 g/mol. The monoisotopic (exact) mass is 378 g/mol. The van der Waals surface area contributed by atoms with E-state index in [4.69, 9.17) is 21.7 Å². The van der Waals surface area contributed by atoms with Gasteiger partial charge in [-0.3, -0.25) is 19.2 Å². The van der Waals surface area contributed by atoms with Gasteiger partial charge in [-0.05, 0) is 18.4 Å². The van der Waals surface area contributed by atoms with E-state index in [2.05, 4.69) is 5.32 Å². The number of amides is 3. The predicted molar refractivity (Wildman–Crippen MR) is 88.5 cm³/mol. The average molecular weight is 378 g/mol. The second kappa shape index (κ2) is 11.3. The number of carbonyl (C=O) groups excluding carboxylic acids is 3. The van der Waals surface area contributed by atoms with Gasteiger partial charge in [0, 0.05) is 0 Å². The lowest BCUT2D eigenvalue weighted by Gasteiger charge is -2.21. The van der Waals surface area contributed by atoms with Crippen LogP contribution in [0.5, 0.6) is 0 Å². The van der Waals surface area contributed by atoms with Gasteiger partial charge in [-0.2, -0.15) is 11.8 Å². The van der Waals surface area contributed by atoms with Gasteiger partial charge in [-0.25, -0.2) is 4.79 Å². The normalized spacial score (nSPS) is 14.0. The molecule has 0 fully saturated rings. The van der Waals surface area contributed by atoms with E-state index in [0.29, 0.717) is 12.2 Å². The van der Waals surface area contributed by atoms with E-state index in [-0.39, 0.29) is 0 Å². The quantitative estimate of drug-likeness (QED) is 0.212. The zero-order valence-electron chi connectivity index (χ0n) is 13.6. The number of primary amides is 1. The number of carbonyl (C=O) groups is 5. The Hall–Kier alpha value is -2.34. The van der Waals surface area contributed by atoms with Gasteiger partial charge in [0.2, 0.25) is 17.7 Å². The molecule has 8 N–H and O–H groups in total. The van der Waals surface area contributed by atoms with E-state index in [1.807, 2.05) is 11.6 Å². The number of nitrogens with one attached hydrogen (secondary N) is 2. The van der Waals surface area contributed by atoms with Gasteiger partial charge in [0.15, 0.2) is 0 Å². The fraction of sp³-hybridized carbons (Fsp3) is 0.615. The van der Waals surface area contributed by atoms with Crippen molar-refractivity contribution in [2.75, 3.05) is 12.0 Å². The minimum atomic E-state index is -1.64. The van der Waals surface area contributed by atoms with Crippen molar-refractivity contribution in [3.63, 3.8) is 0 Å². The van der Waals surface area contributed by atoms with E-state index >= 15 is 0 Å². The summed E-state index contributed by atoms with van der Waals surface area (Å²) in [6.45, 7) is 0. The molecule has 0 radical (unpaired) electrons. The first-order valence-corrected chi connectivity index (χ1v) is 8.56. The molecule has 3 atom stereocenters. The standard InChI is InChI=1S/C13H22N4O7S/c1-25-3-2-6(14)11(21)16-7(5-10(19)20)12(22)17-8(13(23)24)4-9(15)18/h6-8H,2-5,14H2,1H3,(H2,15,18)(H,16,21)(H,17,22)(H,19,20)(H,23,24)/t6-,7-,8-/m0/s1. The maximum absolute atomic E-state index is 12.1. The van der Waals surface area contributed by atoms with Gasteiger partial charge < -0.3 is 32.3 Å². The van der Waals surface area contributed by atoms with Crippen LogP contribution in [0.1, 0.15) is 19.3 Å². The summed E-state index contributed by atoms with van der Waals surface area (Å²) in [7, 11) is 0. The van der Waals surface area contributed by atoms with Crippen molar-refractivity contribution in [1.29, 1.82) is 0 Å². The van der Waals surface area contributed by atoms with Crippen LogP contribution in [-0.4, -0.2) is 70.0 Å². The first-order valence-electron chi connectivity index (χ1n) is 7.16. The molecule has 0 heterocycles. The Bertz CT molecular complexity index is 529. The predicted octanol–water partition coefficient (Wildman–Crippen LogP) is -2.53. The van der Waals surface area contributed by atoms with Crippen LogP contribution in [0.2, 0.25) is 0 Å². The maximum Gasteiger partial charge on any atom is 0.326 e. The summed E-state index contributed by atoms with van der Waals surface area (Å²) >= 11 is 1.46. The minimum absolute atomic E-state index is 0.313. The second-order valence-corrected chi connectivity index (χ2v) is 6.10. The van der Waals surface area contributed by atoms with Crippen molar-refractivity contribution >= 4 is 41.4 Å². The number of aliphatic carboxylic acids is 2. The Labute approximate surface area is 147 Å². The average Bonchev–Trinajstić information content (AvgIpc) is 2.49. The molecule has 0 aromatic rings.